The number of hydrogen-bond donors (Lipinski definition) is 0. The Hall–Kier alpha value is -1.64. The van der Waals surface area contributed by atoms with Gasteiger partial charge in [0.15, 0.2) is 5.78 Å². The molecule has 0 radical (unpaired) electrons. The molecule has 0 atom stereocenters. The Morgan fingerprint density at radius 1 is 1.15 bits per heavy atom. The molecule has 110 valence electrons. The number of carbonyl (C=O) groups excluding carboxylic acids is 2. The van der Waals surface area contributed by atoms with Gasteiger partial charge >= 0.3 is 12.4 Å². The number of pyridine rings is 1. The van der Waals surface area contributed by atoms with Crippen LogP contribution in [0.1, 0.15) is 22.5 Å². The predicted octanol–water partition coefficient (Wildman–Crippen LogP) is 3.46. The van der Waals surface area contributed by atoms with Crippen LogP contribution in [0.4, 0.5) is 26.3 Å². The van der Waals surface area contributed by atoms with E-state index in [0.29, 0.717) is 6.07 Å². The van der Waals surface area contributed by atoms with E-state index < -0.39 is 46.6 Å². The second kappa shape index (κ2) is 5.39. The van der Waals surface area contributed by atoms with E-state index in [9.17, 15) is 35.9 Å². The SMILES string of the molecule is O=C(CC(=O)C(F)(F)F)c1ncc(C(F)(F)F)cc1Cl. The summed E-state index contributed by atoms with van der Waals surface area (Å²) in [6.07, 6.45) is -11.3. The Morgan fingerprint density at radius 2 is 1.70 bits per heavy atom. The number of ketones is 2. The second-order valence-corrected chi connectivity index (χ2v) is 3.98. The molecule has 20 heavy (non-hydrogen) atoms. The van der Waals surface area contributed by atoms with Crippen molar-refractivity contribution in [1.29, 1.82) is 0 Å². The average Bonchev–Trinajstić information content (AvgIpc) is 2.25. The second-order valence-electron chi connectivity index (χ2n) is 3.57. The number of nitrogens with zero attached hydrogens (tertiary/aromatic N) is 1. The Bertz CT molecular complexity index is 552. The molecule has 0 aliphatic carbocycles. The lowest BCUT2D eigenvalue weighted by molar-refractivity contribution is -0.170. The van der Waals surface area contributed by atoms with E-state index in [2.05, 4.69) is 4.98 Å². The Labute approximate surface area is 112 Å². The third kappa shape index (κ3) is 3.92. The number of Topliss-reactive ketones (excluding diaryl/α,β-unsaturated/α-hetero) is 2. The highest BCUT2D eigenvalue weighted by Crippen LogP contribution is 2.31. The van der Waals surface area contributed by atoms with E-state index in [0.717, 1.165) is 0 Å². The standard InChI is InChI=1S/C10H4ClF6NO2/c11-5-1-4(9(12,13)14)3-18-8(5)6(19)2-7(20)10(15,16)17/h1,3H,2H2. The third-order valence-corrected chi connectivity index (χ3v) is 2.36. The van der Waals surface area contributed by atoms with Crippen LogP contribution in [-0.2, 0) is 11.0 Å². The predicted molar refractivity (Wildman–Crippen MR) is 54.3 cm³/mol. The van der Waals surface area contributed by atoms with E-state index in [4.69, 9.17) is 11.6 Å². The Morgan fingerprint density at radius 3 is 2.10 bits per heavy atom. The van der Waals surface area contributed by atoms with Crippen LogP contribution in [0.5, 0.6) is 0 Å². The van der Waals surface area contributed by atoms with E-state index in [-0.39, 0.29) is 6.20 Å². The number of aromatic nitrogens is 1. The van der Waals surface area contributed by atoms with Crippen molar-refractivity contribution >= 4 is 23.2 Å². The van der Waals surface area contributed by atoms with Gasteiger partial charge in [-0.15, -0.1) is 0 Å². The minimum Gasteiger partial charge on any atom is -0.292 e. The lowest BCUT2D eigenvalue weighted by Gasteiger charge is -2.09. The maximum absolute atomic E-state index is 12.3. The number of halogens is 7. The highest BCUT2D eigenvalue weighted by molar-refractivity contribution is 6.34. The number of carbonyl (C=O) groups is 2. The van der Waals surface area contributed by atoms with Gasteiger partial charge < -0.3 is 0 Å². The van der Waals surface area contributed by atoms with Crippen molar-refractivity contribution in [2.45, 2.75) is 18.8 Å². The van der Waals surface area contributed by atoms with Crippen molar-refractivity contribution in [2.24, 2.45) is 0 Å². The first-order valence-electron chi connectivity index (χ1n) is 4.79. The largest absolute Gasteiger partial charge is 0.450 e. The van der Waals surface area contributed by atoms with Crippen LogP contribution in [-0.4, -0.2) is 22.7 Å². The van der Waals surface area contributed by atoms with Crippen molar-refractivity contribution in [2.75, 3.05) is 0 Å². The van der Waals surface area contributed by atoms with Gasteiger partial charge in [-0.3, -0.25) is 14.6 Å². The Kier molecular flexibility index (Phi) is 4.42. The summed E-state index contributed by atoms with van der Waals surface area (Å²) in [5.74, 6) is -3.74. The van der Waals surface area contributed by atoms with Gasteiger partial charge in [0.2, 0.25) is 5.78 Å². The van der Waals surface area contributed by atoms with E-state index >= 15 is 0 Å². The van der Waals surface area contributed by atoms with Crippen LogP contribution >= 0.6 is 11.6 Å². The fraction of sp³-hybridized carbons (Fsp3) is 0.300. The zero-order valence-electron chi connectivity index (χ0n) is 9.27. The van der Waals surface area contributed by atoms with Gasteiger partial charge in [0.25, 0.3) is 0 Å². The molecule has 0 fully saturated rings. The van der Waals surface area contributed by atoms with Gasteiger partial charge in [0, 0.05) is 6.20 Å². The van der Waals surface area contributed by atoms with Gasteiger partial charge in [-0.2, -0.15) is 26.3 Å². The molecule has 1 aromatic rings. The van der Waals surface area contributed by atoms with Gasteiger partial charge in [0.05, 0.1) is 17.0 Å². The highest BCUT2D eigenvalue weighted by Gasteiger charge is 2.40. The molecule has 0 N–H and O–H groups in total. The molecule has 0 saturated carbocycles. The maximum atomic E-state index is 12.3. The average molecular weight is 320 g/mol. The summed E-state index contributed by atoms with van der Waals surface area (Å²) < 4.78 is 72.7. The molecule has 0 unspecified atom stereocenters. The molecule has 0 bridgehead atoms. The molecular weight excluding hydrogens is 316 g/mol. The summed E-state index contributed by atoms with van der Waals surface area (Å²) >= 11 is 5.35. The topological polar surface area (TPSA) is 47.0 Å². The van der Waals surface area contributed by atoms with Crippen molar-refractivity contribution < 1.29 is 35.9 Å². The normalized spacial score (nSPS) is 12.3. The quantitative estimate of drug-likeness (QED) is 0.487. The minimum absolute atomic E-state index is 0.247. The molecule has 0 aliphatic rings. The molecule has 0 aliphatic heterocycles. The van der Waals surface area contributed by atoms with Crippen LogP contribution in [0, 0.1) is 0 Å². The minimum atomic E-state index is -5.21. The van der Waals surface area contributed by atoms with Crippen LogP contribution in [0.15, 0.2) is 12.3 Å². The van der Waals surface area contributed by atoms with Crippen molar-refractivity contribution in [1.82, 2.24) is 4.98 Å². The van der Waals surface area contributed by atoms with Crippen LogP contribution in [0.2, 0.25) is 5.02 Å². The van der Waals surface area contributed by atoms with Gasteiger partial charge in [0.1, 0.15) is 5.69 Å². The van der Waals surface area contributed by atoms with E-state index in [1.165, 1.54) is 0 Å². The lowest BCUT2D eigenvalue weighted by atomic mass is 10.1. The third-order valence-electron chi connectivity index (χ3n) is 2.07. The molecule has 1 heterocycles. The van der Waals surface area contributed by atoms with Crippen molar-refractivity contribution in [3.8, 4) is 0 Å². The molecule has 1 aromatic heterocycles. The summed E-state index contributed by atoms with van der Waals surface area (Å²) in [5, 5.41) is -0.778. The first kappa shape index (κ1) is 16.4. The molecule has 0 spiro atoms. The van der Waals surface area contributed by atoms with Crippen molar-refractivity contribution in [3.63, 3.8) is 0 Å². The van der Waals surface area contributed by atoms with Gasteiger partial charge in [-0.05, 0) is 6.07 Å². The van der Waals surface area contributed by atoms with Crippen molar-refractivity contribution in [3.05, 3.63) is 28.5 Å². The highest BCUT2D eigenvalue weighted by atomic mass is 35.5. The molecule has 0 aromatic carbocycles. The fourth-order valence-electron chi connectivity index (χ4n) is 1.13. The molecule has 0 amide bonds. The summed E-state index contributed by atoms with van der Waals surface area (Å²) in [7, 11) is 0. The zero-order chi connectivity index (χ0) is 15.7. The first-order chi connectivity index (χ1) is 8.93. The molecule has 10 heteroatoms. The summed E-state index contributed by atoms with van der Waals surface area (Å²) in [6.45, 7) is 0. The summed E-state index contributed by atoms with van der Waals surface area (Å²) in [5.41, 5.74) is -2.08. The van der Waals surface area contributed by atoms with E-state index in [1.807, 2.05) is 0 Å². The molecule has 1 rings (SSSR count). The number of hydrogen-bond acceptors (Lipinski definition) is 3. The molecule has 3 nitrogen and oxygen atoms in total. The molecule has 0 saturated heterocycles. The van der Waals surface area contributed by atoms with E-state index in [1.54, 1.807) is 0 Å². The van der Waals surface area contributed by atoms with Gasteiger partial charge in [-0.25, -0.2) is 0 Å². The zero-order valence-corrected chi connectivity index (χ0v) is 10.0. The number of rotatable bonds is 3. The monoisotopic (exact) mass is 319 g/mol. The van der Waals surface area contributed by atoms with Crippen LogP contribution in [0.3, 0.4) is 0 Å². The van der Waals surface area contributed by atoms with Gasteiger partial charge in [-0.1, -0.05) is 11.6 Å². The maximum Gasteiger partial charge on any atom is 0.450 e. The van der Waals surface area contributed by atoms with Crippen LogP contribution < -0.4 is 0 Å². The van der Waals surface area contributed by atoms with Crippen LogP contribution in [0.25, 0.3) is 0 Å². The number of alkyl halides is 6. The smallest absolute Gasteiger partial charge is 0.292 e. The fourth-order valence-corrected chi connectivity index (χ4v) is 1.40. The summed E-state index contributed by atoms with van der Waals surface area (Å²) in [4.78, 5) is 25.0. The lowest BCUT2D eigenvalue weighted by Crippen LogP contribution is -2.25. The first-order valence-corrected chi connectivity index (χ1v) is 5.16. The Balaban J connectivity index is 2.99. The molecular formula is C10H4ClF6NO2. The summed E-state index contributed by atoms with van der Waals surface area (Å²) in [6, 6.07) is 0.347.